The molecule has 2 nitrogen and oxygen atoms in total. The van der Waals surface area contributed by atoms with E-state index < -0.39 is 0 Å². The van der Waals surface area contributed by atoms with Crippen LogP contribution in [-0.4, -0.2) is 29.1 Å². The lowest BCUT2D eigenvalue weighted by Gasteiger charge is -2.54. The van der Waals surface area contributed by atoms with Crippen molar-refractivity contribution in [2.45, 2.75) is 58.4 Å². The molecule has 22 heavy (non-hydrogen) atoms. The number of phenolic OH excluding ortho intramolecular Hbond substituents is 1. The van der Waals surface area contributed by atoms with Crippen molar-refractivity contribution in [1.82, 2.24) is 4.90 Å². The quantitative estimate of drug-likeness (QED) is 0.842. The molecule has 2 bridgehead atoms. The van der Waals surface area contributed by atoms with Crippen LogP contribution in [0.2, 0.25) is 0 Å². The molecule has 1 heterocycles. The number of hydrogen-bond donors (Lipinski definition) is 1. The van der Waals surface area contributed by atoms with E-state index in [4.69, 9.17) is 0 Å². The Bertz CT molecular complexity index is 587. The normalized spacial score (nSPS) is 30.7. The molecule has 0 aromatic heterocycles. The number of benzene rings is 1. The number of hydrogen-bond acceptors (Lipinski definition) is 2. The molecule has 3 atom stereocenters. The Kier molecular flexibility index (Phi) is 4.07. The van der Waals surface area contributed by atoms with Gasteiger partial charge in [0.1, 0.15) is 5.75 Å². The molecule has 1 aromatic rings. The van der Waals surface area contributed by atoms with Crippen LogP contribution in [0.15, 0.2) is 29.8 Å². The van der Waals surface area contributed by atoms with Gasteiger partial charge in [-0.1, -0.05) is 31.6 Å². The van der Waals surface area contributed by atoms with E-state index in [-0.39, 0.29) is 5.41 Å². The smallest absolute Gasteiger partial charge is 0.115 e. The third kappa shape index (κ3) is 2.48. The molecule has 2 heteroatoms. The summed E-state index contributed by atoms with van der Waals surface area (Å²) in [6.45, 7) is 11.3. The van der Waals surface area contributed by atoms with E-state index in [1.165, 1.54) is 23.1 Å². The largest absolute Gasteiger partial charge is 0.508 e. The van der Waals surface area contributed by atoms with Gasteiger partial charge in [0.05, 0.1) is 0 Å². The van der Waals surface area contributed by atoms with Crippen molar-refractivity contribution in [3.8, 4) is 5.75 Å². The average Bonchev–Trinajstić information content (AvgIpc) is 2.49. The third-order valence-electron chi connectivity index (χ3n) is 6.02. The Morgan fingerprint density at radius 1 is 1.41 bits per heavy atom. The Hall–Kier alpha value is -1.28. The van der Waals surface area contributed by atoms with Gasteiger partial charge in [0.15, 0.2) is 0 Å². The van der Waals surface area contributed by atoms with Crippen molar-refractivity contribution in [1.29, 1.82) is 0 Å². The number of aromatic hydroxyl groups is 1. The fourth-order valence-electron chi connectivity index (χ4n) is 4.67. The van der Waals surface area contributed by atoms with Crippen molar-refractivity contribution >= 4 is 0 Å². The first kappa shape index (κ1) is 15.6. The van der Waals surface area contributed by atoms with Gasteiger partial charge in [-0.2, -0.15) is 0 Å². The highest BCUT2D eigenvalue weighted by atomic mass is 16.3. The maximum Gasteiger partial charge on any atom is 0.115 e. The number of allylic oxidation sites excluding steroid dienone is 1. The Labute approximate surface area is 134 Å². The second-order valence-electron chi connectivity index (χ2n) is 7.55. The highest BCUT2D eigenvalue weighted by Gasteiger charge is 2.48. The molecule has 2 aliphatic rings. The zero-order valence-electron chi connectivity index (χ0n) is 14.4. The fraction of sp³-hybridized carbons (Fsp3) is 0.600. The number of likely N-dealkylation sites (tertiary alicyclic amines) is 1. The summed E-state index contributed by atoms with van der Waals surface area (Å²) >= 11 is 0. The monoisotopic (exact) mass is 299 g/mol. The molecule has 3 rings (SSSR count). The summed E-state index contributed by atoms with van der Waals surface area (Å²) in [5.41, 5.74) is 4.52. The highest BCUT2D eigenvalue weighted by Crippen LogP contribution is 2.50. The van der Waals surface area contributed by atoms with Gasteiger partial charge >= 0.3 is 0 Å². The lowest BCUT2D eigenvalue weighted by Crippen LogP contribution is -2.57. The SMILES string of the molecule is CC[C@@]12CC(Cc3ccc(O)cc31)N(CC=C(C)C)CC2C. The van der Waals surface area contributed by atoms with Crippen molar-refractivity contribution in [2.24, 2.45) is 5.92 Å². The molecular formula is C20H29NO. The summed E-state index contributed by atoms with van der Waals surface area (Å²) in [4.78, 5) is 2.67. The topological polar surface area (TPSA) is 23.5 Å². The summed E-state index contributed by atoms with van der Waals surface area (Å²) in [6, 6.07) is 6.69. The van der Waals surface area contributed by atoms with E-state index in [1.807, 2.05) is 12.1 Å². The van der Waals surface area contributed by atoms with Crippen molar-refractivity contribution in [2.75, 3.05) is 13.1 Å². The van der Waals surface area contributed by atoms with Gasteiger partial charge < -0.3 is 5.11 Å². The van der Waals surface area contributed by atoms with Gasteiger partial charge in [0.25, 0.3) is 0 Å². The van der Waals surface area contributed by atoms with Gasteiger partial charge in [-0.25, -0.2) is 0 Å². The van der Waals surface area contributed by atoms with E-state index in [9.17, 15) is 5.11 Å². The summed E-state index contributed by atoms with van der Waals surface area (Å²) in [5.74, 6) is 1.05. The van der Waals surface area contributed by atoms with Gasteiger partial charge in [0.2, 0.25) is 0 Å². The first-order valence-corrected chi connectivity index (χ1v) is 8.66. The highest BCUT2D eigenvalue weighted by molar-refractivity contribution is 5.44. The summed E-state index contributed by atoms with van der Waals surface area (Å²) < 4.78 is 0. The number of phenols is 1. The molecule has 0 amide bonds. The second kappa shape index (κ2) is 5.73. The van der Waals surface area contributed by atoms with Gasteiger partial charge in [-0.3, -0.25) is 4.90 Å². The van der Waals surface area contributed by atoms with Crippen LogP contribution in [0.25, 0.3) is 0 Å². The second-order valence-corrected chi connectivity index (χ2v) is 7.55. The van der Waals surface area contributed by atoms with Crippen LogP contribution in [0.4, 0.5) is 0 Å². The maximum atomic E-state index is 9.96. The number of piperidine rings is 1. The van der Waals surface area contributed by atoms with E-state index >= 15 is 0 Å². The number of nitrogens with zero attached hydrogens (tertiary/aromatic N) is 1. The van der Waals surface area contributed by atoms with Crippen LogP contribution in [0.1, 0.15) is 51.7 Å². The Balaban J connectivity index is 1.99. The van der Waals surface area contributed by atoms with Crippen LogP contribution in [-0.2, 0) is 11.8 Å². The van der Waals surface area contributed by atoms with E-state index in [1.54, 1.807) is 0 Å². The summed E-state index contributed by atoms with van der Waals surface area (Å²) in [5, 5.41) is 9.96. The molecule has 1 aromatic carbocycles. The number of rotatable bonds is 3. The molecule has 1 fully saturated rings. The van der Waals surface area contributed by atoms with E-state index in [0.717, 1.165) is 25.9 Å². The minimum absolute atomic E-state index is 0.248. The summed E-state index contributed by atoms with van der Waals surface area (Å²) in [6.07, 6.45) is 5.88. The van der Waals surface area contributed by atoms with Gasteiger partial charge in [-0.05, 0) is 62.3 Å². The molecule has 0 spiro atoms. The minimum atomic E-state index is 0.248. The molecule has 0 radical (unpaired) electrons. The fourth-order valence-corrected chi connectivity index (χ4v) is 4.67. The molecule has 1 N–H and O–H groups in total. The van der Waals surface area contributed by atoms with Crippen molar-refractivity contribution in [3.05, 3.63) is 41.0 Å². The lowest BCUT2D eigenvalue weighted by molar-refractivity contribution is 0.0406. The molecule has 0 saturated carbocycles. The van der Waals surface area contributed by atoms with Crippen molar-refractivity contribution in [3.63, 3.8) is 0 Å². The first-order valence-electron chi connectivity index (χ1n) is 8.66. The number of fused-ring (bicyclic) bond motifs is 4. The summed E-state index contributed by atoms with van der Waals surface area (Å²) in [7, 11) is 0. The third-order valence-corrected chi connectivity index (χ3v) is 6.02. The lowest BCUT2D eigenvalue weighted by atomic mass is 9.58. The van der Waals surface area contributed by atoms with E-state index in [0.29, 0.717) is 17.7 Å². The molecule has 2 unspecified atom stereocenters. The van der Waals surface area contributed by atoms with Crippen molar-refractivity contribution < 1.29 is 5.11 Å². The van der Waals surface area contributed by atoms with Gasteiger partial charge in [0, 0.05) is 24.5 Å². The molecule has 1 aliphatic carbocycles. The average molecular weight is 299 g/mol. The maximum absolute atomic E-state index is 9.96. The molecule has 120 valence electrons. The molecular weight excluding hydrogens is 270 g/mol. The zero-order valence-corrected chi connectivity index (χ0v) is 14.4. The van der Waals surface area contributed by atoms with Crippen LogP contribution in [0.3, 0.4) is 0 Å². The van der Waals surface area contributed by atoms with Crippen LogP contribution in [0, 0.1) is 5.92 Å². The standard InChI is InChI=1S/C20H29NO/c1-5-20-12-17(10-16-6-7-18(22)11-19(16)20)21(13-15(20)4)9-8-14(2)3/h6-8,11,15,17,22H,5,9-10,12-13H2,1-4H3/t15?,17?,20-/m0/s1. The van der Waals surface area contributed by atoms with Crippen LogP contribution in [0.5, 0.6) is 5.75 Å². The molecule has 1 aliphatic heterocycles. The van der Waals surface area contributed by atoms with E-state index in [2.05, 4.69) is 44.7 Å². The van der Waals surface area contributed by atoms with Crippen LogP contribution < -0.4 is 0 Å². The Morgan fingerprint density at radius 3 is 2.86 bits per heavy atom. The van der Waals surface area contributed by atoms with Gasteiger partial charge in [-0.15, -0.1) is 0 Å². The molecule has 1 saturated heterocycles. The predicted octanol–water partition coefficient (Wildman–Crippen LogP) is 4.27. The Morgan fingerprint density at radius 2 is 2.18 bits per heavy atom. The zero-order chi connectivity index (χ0) is 15.9. The first-order chi connectivity index (χ1) is 10.5. The minimum Gasteiger partial charge on any atom is -0.508 e. The predicted molar refractivity (Wildman–Crippen MR) is 92.4 cm³/mol. The van der Waals surface area contributed by atoms with Crippen LogP contribution >= 0.6 is 0 Å².